The van der Waals surface area contributed by atoms with Crippen LogP contribution in [0.15, 0.2) is 28.8 Å². The zero-order valence-electron chi connectivity index (χ0n) is 10.5. The van der Waals surface area contributed by atoms with Crippen molar-refractivity contribution >= 4 is 5.69 Å². The van der Waals surface area contributed by atoms with Crippen molar-refractivity contribution in [3.63, 3.8) is 0 Å². The van der Waals surface area contributed by atoms with E-state index < -0.39 is 4.92 Å². The third-order valence-electron chi connectivity index (χ3n) is 2.39. The number of hydrogen-bond acceptors (Lipinski definition) is 6. The summed E-state index contributed by atoms with van der Waals surface area (Å²) < 4.78 is 15.4. The molecule has 0 amide bonds. The lowest BCUT2D eigenvalue weighted by molar-refractivity contribution is -0.385. The van der Waals surface area contributed by atoms with Crippen LogP contribution in [0.5, 0.6) is 11.7 Å². The minimum atomic E-state index is -0.519. The number of ether oxygens (including phenoxy) is 2. The first-order valence-corrected chi connectivity index (χ1v) is 5.57. The van der Waals surface area contributed by atoms with Crippen LogP contribution in [0.3, 0.4) is 0 Å². The Labute approximate surface area is 108 Å². The maximum Gasteiger partial charge on any atom is 0.311 e. The second kappa shape index (κ2) is 5.38. The van der Waals surface area contributed by atoms with E-state index in [-0.39, 0.29) is 23.3 Å². The van der Waals surface area contributed by atoms with Crippen LogP contribution in [0.4, 0.5) is 5.69 Å². The molecular formula is C12H12N2O5. The van der Waals surface area contributed by atoms with Gasteiger partial charge >= 0.3 is 11.6 Å². The first-order chi connectivity index (χ1) is 9.15. The molecule has 0 radical (unpaired) electrons. The Morgan fingerprint density at radius 2 is 2.26 bits per heavy atom. The van der Waals surface area contributed by atoms with E-state index in [1.54, 1.807) is 6.07 Å². The quantitative estimate of drug-likeness (QED) is 0.609. The molecule has 0 atom stereocenters. The van der Waals surface area contributed by atoms with Gasteiger partial charge in [0.25, 0.3) is 0 Å². The molecular weight excluding hydrogens is 252 g/mol. The van der Waals surface area contributed by atoms with E-state index >= 15 is 0 Å². The van der Waals surface area contributed by atoms with Crippen molar-refractivity contribution in [3.8, 4) is 23.1 Å². The van der Waals surface area contributed by atoms with Crippen molar-refractivity contribution in [1.29, 1.82) is 0 Å². The van der Waals surface area contributed by atoms with Crippen molar-refractivity contribution in [2.45, 2.75) is 6.92 Å². The van der Waals surface area contributed by atoms with Gasteiger partial charge in [0.05, 0.1) is 18.6 Å². The average molecular weight is 264 g/mol. The molecule has 0 aliphatic rings. The normalized spacial score (nSPS) is 10.2. The van der Waals surface area contributed by atoms with E-state index in [2.05, 4.69) is 4.98 Å². The number of rotatable bonds is 5. The Kier molecular flexibility index (Phi) is 3.65. The Morgan fingerprint density at radius 1 is 1.47 bits per heavy atom. The Bertz CT molecular complexity index is 594. The molecule has 0 N–H and O–H groups in total. The monoisotopic (exact) mass is 264 g/mol. The summed E-state index contributed by atoms with van der Waals surface area (Å²) in [7, 11) is 1.38. The third kappa shape index (κ3) is 2.65. The lowest BCUT2D eigenvalue weighted by Gasteiger charge is -2.02. The molecule has 0 unspecified atom stereocenters. The molecule has 100 valence electrons. The van der Waals surface area contributed by atoms with Gasteiger partial charge in [0.15, 0.2) is 5.75 Å². The molecule has 0 bridgehead atoms. The molecule has 0 saturated heterocycles. The van der Waals surface area contributed by atoms with Crippen molar-refractivity contribution in [2.24, 2.45) is 0 Å². The van der Waals surface area contributed by atoms with Gasteiger partial charge < -0.3 is 13.9 Å². The van der Waals surface area contributed by atoms with Gasteiger partial charge in [-0.15, -0.1) is 0 Å². The van der Waals surface area contributed by atoms with Gasteiger partial charge in [-0.1, -0.05) is 0 Å². The summed E-state index contributed by atoms with van der Waals surface area (Å²) in [5, 5.41) is 10.9. The molecule has 0 aliphatic heterocycles. The summed E-state index contributed by atoms with van der Waals surface area (Å²) in [5.41, 5.74) is 0.342. The highest BCUT2D eigenvalue weighted by molar-refractivity contribution is 5.62. The van der Waals surface area contributed by atoms with Gasteiger partial charge in [-0.2, -0.15) is 0 Å². The fourth-order valence-corrected chi connectivity index (χ4v) is 1.57. The largest absolute Gasteiger partial charge is 0.490 e. The highest BCUT2D eigenvalue weighted by Crippen LogP contribution is 2.32. The minimum Gasteiger partial charge on any atom is -0.490 e. The molecule has 0 fully saturated rings. The number of nitro groups is 1. The zero-order chi connectivity index (χ0) is 13.8. The number of methoxy groups -OCH3 is 1. The summed E-state index contributed by atoms with van der Waals surface area (Å²) in [5.74, 6) is 0.718. The van der Waals surface area contributed by atoms with Crippen LogP contribution in [0.2, 0.25) is 0 Å². The Hall–Kier alpha value is -2.57. The van der Waals surface area contributed by atoms with E-state index in [0.29, 0.717) is 12.2 Å². The van der Waals surface area contributed by atoms with E-state index in [9.17, 15) is 10.1 Å². The van der Waals surface area contributed by atoms with Crippen molar-refractivity contribution in [3.05, 3.63) is 34.5 Å². The van der Waals surface area contributed by atoms with Crippen molar-refractivity contribution in [2.75, 3.05) is 13.7 Å². The van der Waals surface area contributed by atoms with E-state index in [1.165, 1.54) is 25.4 Å². The van der Waals surface area contributed by atoms with Gasteiger partial charge in [0.2, 0.25) is 5.89 Å². The van der Waals surface area contributed by atoms with Crippen molar-refractivity contribution in [1.82, 2.24) is 4.98 Å². The summed E-state index contributed by atoms with van der Waals surface area (Å²) >= 11 is 0. The molecule has 19 heavy (non-hydrogen) atoms. The van der Waals surface area contributed by atoms with Gasteiger partial charge in [-0.3, -0.25) is 10.1 Å². The van der Waals surface area contributed by atoms with Gasteiger partial charge in [-0.05, 0) is 19.1 Å². The highest BCUT2D eigenvalue weighted by atomic mass is 16.6. The topological polar surface area (TPSA) is 87.6 Å². The predicted octanol–water partition coefficient (Wildman–Crippen LogP) is 2.66. The van der Waals surface area contributed by atoms with E-state index in [0.717, 1.165) is 0 Å². The molecule has 0 spiro atoms. The molecule has 1 heterocycles. The van der Waals surface area contributed by atoms with E-state index in [4.69, 9.17) is 13.9 Å². The maximum absolute atomic E-state index is 10.9. The summed E-state index contributed by atoms with van der Waals surface area (Å²) in [6.07, 6.45) is 1.43. The maximum atomic E-state index is 10.9. The fourth-order valence-electron chi connectivity index (χ4n) is 1.57. The van der Waals surface area contributed by atoms with Crippen LogP contribution < -0.4 is 9.47 Å². The summed E-state index contributed by atoms with van der Waals surface area (Å²) in [6.45, 7) is 2.28. The summed E-state index contributed by atoms with van der Waals surface area (Å²) in [4.78, 5) is 14.4. The Morgan fingerprint density at radius 3 is 2.89 bits per heavy atom. The number of hydrogen-bond donors (Lipinski definition) is 0. The molecule has 1 aromatic heterocycles. The zero-order valence-corrected chi connectivity index (χ0v) is 10.5. The van der Waals surface area contributed by atoms with Crippen LogP contribution in [0.25, 0.3) is 11.5 Å². The van der Waals surface area contributed by atoms with Gasteiger partial charge in [-0.25, -0.2) is 4.98 Å². The molecule has 7 nitrogen and oxygen atoms in total. The van der Waals surface area contributed by atoms with Crippen LogP contribution in [0.1, 0.15) is 6.92 Å². The standard InChI is InChI=1S/C12H12N2O5/c1-3-18-11-7-13-12(19-11)8-4-5-10(17-2)9(6-8)14(15)16/h4-7H,3H2,1-2H3. The SMILES string of the molecule is CCOc1cnc(-c2ccc(OC)c([N+](=O)[O-])c2)o1. The number of oxazole rings is 1. The second-order valence-corrected chi connectivity index (χ2v) is 3.56. The van der Waals surface area contributed by atoms with Crippen LogP contribution in [-0.2, 0) is 0 Å². The molecule has 1 aromatic carbocycles. The Balaban J connectivity index is 2.39. The number of nitro benzene ring substituents is 1. The molecule has 0 aliphatic carbocycles. The minimum absolute atomic E-state index is 0.142. The molecule has 2 aromatic rings. The molecule has 2 rings (SSSR count). The summed E-state index contributed by atoms with van der Waals surface area (Å²) in [6, 6.07) is 4.48. The number of aromatic nitrogens is 1. The highest BCUT2D eigenvalue weighted by Gasteiger charge is 2.18. The lowest BCUT2D eigenvalue weighted by atomic mass is 10.2. The van der Waals surface area contributed by atoms with Crippen LogP contribution >= 0.6 is 0 Å². The smallest absolute Gasteiger partial charge is 0.311 e. The first kappa shape index (κ1) is 12.9. The second-order valence-electron chi connectivity index (χ2n) is 3.56. The first-order valence-electron chi connectivity index (χ1n) is 5.57. The van der Waals surface area contributed by atoms with Gasteiger partial charge in [0, 0.05) is 11.6 Å². The molecule has 7 heteroatoms. The van der Waals surface area contributed by atoms with Crippen molar-refractivity contribution < 1.29 is 18.8 Å². The van der Waals surface area contributed by atoms with E-state index in [1.807, 2.05) is 6.92 Å². The molecule has 0 saturated carbocycles. The number of benzene rings is 1. The average Bonchev–Trinajstić information content (AvgIpc) is 2.87. The third-order valence-corrected chi connectivity index (χ3v) is 2.39. The predicted molar refractivity (Wildman–Crippen MR) is 66.3 cm³/mol. The van der Waals surface area contributed by atoms with Crippen LogP contribution in [-0.4, -0.2) is 23.6 Å². The van der Waals surface area contributed by atoms with Crippen LogP contribution in [0, 0.1) is 10.1 Å². The van der Waals surface area contributed by atoms with Gasteiger partial charge in [0.1, 0.15) is 6.20 Å². The number of nitrogens with zero attached hydrogens (tertiary/aromatic N) is 2. The lowest BCUT2D eigenvalue weighted by Crippen LogP contribution is -1.94. The fraction of sp³-hybridized carbons (Fsp3) is 0.250.